The predicted octanol–water partition coefficient (Wildman–Crippen LogP) is 2.63. The van der Waals surface area contributed by atoms with Crippen LogP contribution in [-0.4, -0.2) is 50.3 Å². The zero-order chi connectivity index (χ0) is 19.4. The van der Waals surface area contributed by atoms with Gasteiger partial charge in [0, 0.05) is 30.8 Å². The lowest BCUT2D eigenvalue weighted by molar-refractivity contribution is -0.153. The molecule has 1 N–H and O–H groups in total. The van der Waals surface area contributed by atoms with Crippen LogP contribution in [0.2, 0.25) is 0 Å². The summed E-state index contributed by atoms with van der Waals surface area (Å²) in [5.74, 6) is -0.609. The monoisotopic (exact) mass is 394 g/mol. The average molecular weight is 394 g/mol. The topological polar surface area (TPSA) is 75.7 Å². The molecule has 6 nitrogen and oxygen atoms in total. The first-order valence-electron chi connectivity index (χ1n) is 8.19. The van der Waals surface area contributed by atoms with E-state index in [2.05, 4.69) is 10.1 Å². The number of hydrogen-bond acceptors (Lipinski definition) is 4. The molecule has 0 spiro atoms. The van der Waals surface area contributed by atoms with Crippen LogP contribution in [0.3, 0.4) is 0 Å². The van der Waals surface area contributed by atoms with Crippen LogP contribution < -0.4 is 10.1 Å². The minimum atomic E-state index is -4.44. The molecule has 1 fully saturated rings. The van der Waals surface area contributed by atoms with Crippen LogP contribution in [0.1, 0.15) is 19.8 Å². The van der Waals surface area contributed by atoms with E-state index in [0.717, 1.165) is 0 Å². The summed E-state index contributed by atoms with van der Waals surface area (Å²) >= 11 is 0. The highest BCUT2D eigenvalue weighted by Gasteiger charge is 2.30. The standard InChI is InChI=1S/C16H21F3N2O4S/c1-2-26(23,24)21-8-6-12(7-9-21)15(22)20-13-4-3-5-14(10-13)25-11-16(17,18)19/h3-5,10,12H,2,6-9,11H2,1H3,(H,20,22). The normalized spacial score (nSPS) is 17.1. The maximum absolute atomic E-state index is 12.3. The van der Waals surface area contributed by atoms with E-state index in [1.165, 1.54) is 22.5 Å². The SMILES string of the molecule is CCS(=O)(=O)N1CCC(C(=O)Nc2cccc(OCC(F)(F)F)c2)CC1. The molecule has 0 radical (unpaired) electrons. The number of nitrogens with one attached hydrogen (secondary N) is 1. The number of ether oxygens (including phenoxy) is 1. The molecule has 2 rings (SSSR count). The van der Waals surface area contributed by atoms with Gasteiger partial charge in [-0.15, -0.1) is 0 Å². The number of sulfonamides is 1. The van der Waals surface area contributed by atoms with Crippen LogP contribution in [0, 0.1) is 5.92 Å². The number of amides is 1. The number of benzene rings is 1. The van der Waals surface area contributed by atoms with Gasteiger partial charge in [-0.1, -0.05) is 6.07 Å². The van der Waals surface area contributed by atoms with Gasteiger partial charge >= 0.3 is 6.18 Å². The summed E-state index contributed by atoms with van der Waals surface area (Å²) in [6.07, 6.45) is -3.64. The summed E-state index contributed by atoms with van der Waals surface area (Å²) in [4.78, 5) is 12.3. The van der Waals surface area contributed by atoms with Gasteiger partial charge in [0.25, 0.3) is 0 Å². The van der Waals surface area contributed by atoms with Crippen LogP contribution >= 0.6 is 0 Å². The van der Waals surface area contributed by atoms with Crippen molar-refractivity contribution in [2.45, 2.75) is 25.9 Å². The maximum atomic E-state index is 12.3. The molecule has 10 heteroatoms. The first-order valence-corrected chi connectivity index (χ1v) is 9.80. The average Bonchev–Trinajstić information content (AvgIpc) is 2.60. The second-order valence-corrected chi connectivity index (χ2v) is 8.25. The molecule has 0 atom stereocenters. The molecule has 1 aromatic rings. The Morgan fingerprint density at radius 3 is 2.54 bits per heavy atom. The van der Waals surface area contributed by atoms with Crippen LogP contribution in [0.15, 0.2) is 24.3 Å². The Morgan fingerprint density at radius 1 is 1.31 bits per heavy atom. The van der Waals surface area contributed by atoms with Gasteiger partial charge in [-0.3, -0.25) is 4.79 Å². The van der Waals surface area contributed by atoms with Crippen LogP contribution in [-0.2, 0) is 14.8 Å². The fourth-order valence-electron chi connectivity index (χ4n) is 2.65. The van der Waals surface area contributed by atoms with E-state index >= 15 is 0 Å². The first kappa shape index (κ1) is 20.5. The number of alkyl halides is 3. The van der Waals surface area contributed by atoms with Crippen molar-refractivity contribution in [2.24, 2.45) is 5.92 Å². The molecule has 0 aromatic heterocycles. The van der Waals surface area contributed by atoms with E-state index in [-0.39, 0.29) is 36.4 Å². The second kappa shape index (κ2) is 8.26. The highest BCUT2D eigenvalue weighted by atomic mass is 32.2. The molecule has 1 heterocycles. The highest BCUT2D eigenvalue weighted by Crippen LogP contribution is 2.24. The molecule has 1 amide bonds. The lowest BCUT2D eigenvalue weighted by Crippen LogP contribution is -2.42. The van der Waals surface area contributed by atoms with Crippen molar-refractivity contribution >= 4 is 21.6 Å². The Balaban J connectivity index is 1.90. The van der Waals surface area contributed by atoms with Gasteiger partial charge in [-0.2, -0.15) is 13.2 Å². The molecule has 0 unspecified atom stereocenters. The molecule has 0 aliphatic carbocycles. The summed E-state index contributed by atoms with van der Waals surface area (Å²) < 4.78 is 66.3. The summed E-state index contributed by atoms with van der Waals surface area (Å²) in [7, 11) is -3.26. The molecular weight excluding hydrogens is 373 g/mol. The number of halogens is 3. The van der Waals surface area contributed by atoms with Crippen molar-refractivity contribution in [1.29, 1.82) is 0 Å². The Kier molecular flexibility index (Phi) is 6.51. The fourth-order valence-corrected chi connectivity index (χ4v) is 3.78. The van der Waals surface area contributed by atoms with Gasteiger partial charge in [0.2, 0.25) is 15.9 Å². The molecular formula is C16H21F3N2O4S. The lowest BCUT2D eigenvalue weighted by atomic mass is 9.97. The van der Waals surface area contributed by atoms with Crippen molar-refractivity contribution in [2.75, 3.05) is 30.8 Å². The van der Waals surface area contributed by atoms with E-state index in [0.29, 0.717) is 18.5 Å². The maximum Gasteiger partial charge on any atom is 0.422 e. The fraction of sp³-hybridized carbons (Fsp3) is 0.562. The van der Waals surface area contributed by atoms with Crippen LogP contribution in [0.25, 0.3) is 0 Å². The van der Waals surface area contributed by atoms with Crippen molar-refractivity contribution in [3.8, 4) is 5.75 Å². The number of hydrogen-bond donors (Lipinski definition) is 1. The van der Waals surface area contributed by atoms with Gasteiger partial charge in [0.15, 0.2) is 6.61 Å². The molecule has 0 saturated carbocycles. The molecule has 1 aliphatic heterocycles. The Bertz CT molecular complexity index is 729. The molecule has 146 valence electrons. The summed E-state index contributed by atoms with van der Waals surface area (Å²) in [6.45, 7) is 0.725. The summed E-state index contributed by atoms with van der Waals surface area (Å²) in [5.41, 5.74) is 0.332. The zero-order valence-electron chi connectivity index (χ0n) is 14.3. The minimum Gasteiger partial charge on any atom is -0.484 e. The molecule has 26 heavy (non-hydrogen) atoms. The predicted molar refractivity (Wildman–Crippen MR) is 90.4 cm³/mol. The van der Waals surface area contributed by atoms with E-state index in [1.807, 2.05) is 0 Å². The number of carbonyl (C=O) groups excluding carboxylic acids is 1. The quantitative estimate of drug-likeness (QED) is 0.805. The summed E-state index contributed by atoms with van der Waals surface area (Å²) in [6, 6.07) is 5.72. The molecule has 1 aromatic carbocycles. The number of anilines is 1. The largest absolute Gasteiger partial charge is 0.484 e. The number of nitrogens with zero attached hydrogens (tertiary/aromatic N) is 1. The smallest absolute Gasteiger partial charge is 0.422 e. The summed E-state index contributed by atoms with van der Waals surface area (Å²) in [5, 5.41) is 2.65. The van der Waals surface area contributed by atoms with Crippen LogP contribution in [0.5, 0.6) is 5.75 Å². The van der Waals surface area contributed by atoms with Crippen molar-refractivity contribution in [3.63, 3.8) is 0 Å². The molecule has 0 bridgehead atoms. The van der Waals surface area contributed by atoms with Gasteiger partial charge < -0.3 is 10.1 Å². The van der Waals surface area contributed by atoms with Gasteiger partial charge in [-0.05, 0) is 31.9 Å². The van der Waals surface area contributed by atoms with E-state index in [1.54, 1.807) is 13.0 Å². The van der Waals surface area contributed by atoms with Crippen molar-refractivity contribution < 1.29 is 31.1 Å². The Labute approximate surface area is 150 Å². The third-order valence-corrected chi connectivity index (χ3v) is 5.97. The van der Waals surface area contributed by atoms with Crippen LogP contribution in [0.4, 0.5) is 18.9 Å². The van der Waals surface area contributed by atoms with Gasteiger partial charge in [0.05, 0.1) is 5.75 Å². The van der Waals surface area contributed by atoms with Crippen molar-refractivity contribution in [3.05, 3.63) is 24.3 Å². The highest BCUT2D eigenvalue weighted by molar-refractivity contribution is 7.89. The van der Waals surface area contributed by atoms with Crippen molar-refractivity contribution in [1.82, 2.24) is 4.31 Å². The number of carbonyl (C=O) groups is 1. The third kappa shape index (κ3) is 5.87. The first-order chi connectivity index (χ1) is 12.1. The third-order valence-electron chi connectivity index (χ3n) is 4.09. The molecule has 1 saturated heterocycles. The van der Waals surface area contributed by atoms with Gasteiger partial charge in [0.1, 0.15) is 5.75 Å². The number of piperidine rings is 1. The molecule has 1 aliphatic rings. The van der Waals surface area contributed by atoms with Gasteiger partial charge in [-0.25, -0.2) is 12.7 Å². The van der Waals surface area contributed by atoms with E-state index < -0.39 is 22.8 Å². The second-order valence-electron chi connectivity index (χ2n) is 5.99. The van der Waals surface area contributed by atoms with E-state index in [9.17, 15) is 26.4 Å². The Hall–Kier alpha value is -1.81. The Morgan fingerprint density at radius 2 is 1.96 bits per heavy atom. The lowest BCUT2D eigenvalue weighted by Gasteiger charge is -2.30. The van der Waals surface area contributed by atoms with E-state index in [4.69, 9.17) is 0 Å². The number of rotatable bonds is 6. The zero-order valence-corrected chi connectivity index (χ0v) is 15.1. The minimum absolute atomic E-state index is 0.00369.